The van der Waals surface area contributed by atoms with E-state index < -0.39 is 11.3 Å². The lowest BCUT2D eigenvalue weighted by molar-refractivity contribution is 0.0599. The summed E-state index contributed by atoms with van der Waals surface area (Å²) in [5.41, 5.74) is 1.98. The van der Waals surface area contributed by atoms with E-state index in [1.54, 1.807) is 20.8 Å². The first-order valence-electron chi connectivity index (χ1n) is 4.85. The third-order valence-electron chi connectivity index (χ3n) is 2.43. The molecule has 0 aliphatic rings. The number of esters is 1. The molecule has 0 spiro atoms. The van der Waals surface area contributed by atoms with E-state index in [-0.39, 0.29) is 5.78 Å². The van der Waals surface area contributed by atoms with Gasteiger partial charge in [-0.15, -0.1) is 11.6 Å². The molecule has 0 amide bonds. The van der Waals surface area contributed by atoms with Crippen LogP contribution in [-0.4, -0.2) is 29.2 Å². The van der Waals surface area contributed by atoms with Crippen molar-refractivity contribution in [2.45, 2.75) is 26.1 Å². The summed E-state index contributed by atoms with van der Waals surface area (Å²) in [7, 11) is 1.31. The molecule has 0 saturated heterocycles. The van der Waals surface area contributed by atoms with Crippen LogP contribution in [-0.2, 0) is 4.74 Å². The Labute approximate surface area is 98.9 Å². The molecule has 1 heterocycles. The molecule has 0 unspecified atom stereocenters. The second-order valence-corrected chi connectivity index (χ2v) is 4.25. The van der Waals surface area contributed by atoms with Crippen LogP contribution in [0.25, 0.3) is 0 Å². The van der Waals surface area contributed by atoms with Crippen molar-refractivity contribution in [2.75, 3.05) is 7.11 Å². The summed E-state index contributed by atoms with van der Waals surface area (Å²) < 4.78 is 4.65. The highest BCUT2D eigenvalue weighted by Gasteiger charge is 2.24. The maximum atomic E-state index is 11.7. The molecule has 0 bridgehead atoms. The van der Waals surface area contributed by atoms with Crippen LogP contribution >= 0.6 is 11.6 Å². The summed E-state index contributed by atoms with van der Waals surface area (Å²) in [5, 5.41) is -0.623. The average Bonchev–Trinajstić information content (AvgIpc) is 2.52. The lowest BCUT2D eigenvalue weighted by Crippen LogP contribution is -2.12. The summed E-state index contributed by atoms with van der Waals surface area (Å²) in [6.07, 6.45) is 0. The second kappa shape index (κ2) is 4.70. The number of nitrogens with one attached hydrogen (secondary N) is 1. The SMILES string of the molecule is COC(=O)c1c(C)[nH]c(C(=O)[C@@H](C)Cl)c1C. The second-order valence-electron chi connectivity index (χ2n) is 3.60. The Hall–Kier alpha value is -1.29. The van der Waals surface area contributed by atoms with Crippen LogP contribution in [0, 0.1) is 13.8 Å². The van der Waals surface area contributed by atoms with Crippen molar-refractivity contribution in [3.8, 4) is 0 Å². The van der Waals surface area contributed by atoms with Gasteiger partial charge in [0.25, 0.3) is 0 Å². The number of hydrogen-bond acceptors (Lipinski definition) is 3. The van der Waals surface area contributed by atoms with Gasteiger partial charge in [-0.25, -0.2) is 4.79 Å². The van der Waals surface area contributed by atoms with Crippen molar-refractivity contribution in [1.29, 1.82) is 0 Å². The molecular weight excluding hydrogens is 230 g/mol. The monoisotopic (exact) mass is 243 g/mol. The van der Waals surface area contributed by atoms with E-state index in [2.05, 4.69) is 9.72 Å². The van der Waals surface area contributed by atoms with Crippen molar-refractivity contribution in [2.24, 2.45) is 0 Å². The Morgan fingerprint density at radius 3 is 2.38 bits per heavy atom. The predicted octanol–water partition coefficient (Wildman–Crippen LogP) is 2.23. The van der Waals surface area contributed by atoms with Crippen LogP contribution in [0.2, 0.25) is 0 Å². The minimum Gasteiger partial charge on any atom is -0.465 e. The summed E-state index contributed by atoms with van der Waals surface area (Å²) in [5.74, 6) is -0.676. The molecule has 0 saturated carbocycles. The molecule has 88 valence electrons. The standard InChI is InChI=1S/C11H14ClNO3/c1-5-8(11(15)16-4)7(3)13-9(5)10(14)6(2)12/h6,13H,1-4H3/t6-/m1/s1. The summed E-state index contributed by atoms with van der Waals surface area (Å²) >= 11 is 5.72. The van der Waals surface area contributed by atoms with Gasteiger partial charge in [0.05, 0.1) is 23.7 Å². The van der Waals surface area contributed by atoms with Crippen LogP contribution < -0.4 is 0 Å². The maximum absolute atomic E-state index is 11.7. The molecule has 4 nitrogen and oxygen atoms in total. The number of aromatic amines is 1. The number of carbonyl (C=O) groups is 2. The first kappa shape index (κ1) is 12.8. The molecule has 16 heavy (non-hydrogen) atoms. The van der Waals surface area contributed by atoms with Gasteiger partial charge in [0.1, 0.15) is 0 Å². The average molecular weight is 244 g/mol. The third kappa shape index (κ3) is 2.11. The number of aryl methyl sites for hydroxylation is 1. The lowest BCUT2D eigenvalue weighted by Gasteiger charge is -2.02. The van der Waals surface area contributed by atoms with Crippen LogP contribution in [0.15, 0.2) is 0 Å². The fourth-order valence-electron chi connectivity index (χ4n) is 1.60. The molecule has 0 radical (unpaired) electrons. The minimum atomic E-state index is -0.623. The lowest BCUT2D eigenvalue weighted by atomic mass is 10.1. The third-order valence-corrected chi connectivity index (χ3v) is 2.63. The van der Waals surface area contributed by atoms with E-state index in [1.807, 2.05) is 0 Å². The molecule has 1 N–H and O–H groups in total. The van der Waals surface area contributed by atoms with Crippen molar-refractivity contribution < 1.29 is 14.3 Å². The largest absolute Gasteiger partial charge is 0.465 e. The molecule has 1 aromatic rings. The summed E-state index contributed by atoms with van der Waals surface area (Å²) in [6, 6.07) is 0. The van der Waals surface area contributed by atoms with Gasteiger partial charge in [-0.3, -0.25) is 4.79 Å². The number of ether oxygens (including phenoxy) is 1. The molecular formula is C11H14ClNO3. The van der Waals surface area contributed by atoms with Crippen LogP contribution in [0.3, 0.4) is 0 Å². The molecule has 1 aromatic heterocycles. The van der Waals surface area contributed by atoms with Gasteiger partial charge in [0.2, 0.25) is 0 Å². The quantitative estimate of drug-likeness (QED) is 0.503. The van der Waals surface area contributed by atoms with Crippen molar-refractivity contribution in [3.05, 3.63) is 22.5 Å². The van der Waals surface area contributed by atoms with E-state index in [9.17, 15) is 9.59 Å². The van der Waals surface area contributed by atoms with Crippen LogP contribution in [0.5, 0.6) is 0 Å². The summed E-state index contributed by atoms with van der Waals surface area (Å²) in [4.78, 5) is 26.1. The van der Waals surface area contributed by atoms with Gasteiger partial charge in [-0.2, -0.15) is 0 Å². The smallest absolute Gasteiger partial charge is 0.339 e. The zero-order valence-electron chi connectivity index (χ0n) is 9.68. The van der Waals surface area contributed by atoms with Crippen LogP contribution in [0.1, 0.15) is 39.0 Å². The molecule has 1 rings (SSSR count). The highest BCUT2D eigenvalue weighted by atomic mass is 35.5. The fraction of sp³-hybridized carbons (Fsp3) is 0.455. The Morgan fingerprint density at radius 1 is 1.38 bits per heavy atom. The number of methoxy groups -OCH3 is 1. The normalized spacial score (nSPS) is 12.3. The molecule has 5 heteroatoms. The van der Waals surface area contributed by atoms with E-state index in [0.29, 0.717) is 22.5 Å². The Bertz CT molecular complexity index is 435. The summed E-state index contributed by atoms with van der Waals surface area (Å²) in [6.45, 7) is 5.01. The number of halogens is 1. The van der Waals surface area contributed by atoms with E-state index in [4.69, 9.17) is 11.6 Å². The van der Waals surface area contributed by atoms with E-state index in [0.717, 1.165) is 0 Å². The number of ketones is 1. The van der Waals surface area contributed by atoms with Gasteiger partial charge in [-0.05, 0) is 26.3 Å². The molecule has 0 aliphatic carbocycles. The highest BCUT2D eigenvalue weighted by Crippen LogP contribution is 2.21. The van der Waals surface area contributed by atoms with Crippen molar-refractivity contribution in [1.82, 2.24) is 4.98 Å². The molecule has 1 atom stereocenters. The van der Waals surface area contributed by atoms with Crippen LogP contribution in [0.4, 0.5) is 0 Å². The number of rotatable bonds is 3. The first-order chi connectivity index (χ1) is 7.40. The predicted molar refractivity (Wildman–Crippen MR) is 61.3 cm³/mol. The van der Waals surface area contributed by atoms with Gasteiger partial charge < -0.3 is 9.72 Å². The molecule has 0 aliphatic heterocycles. The number of H-pyrrole nitrogens is 1. The Balaban J connectivity index is 3.27. The van der Waals surface area contributed by atoms with Crippen molar-refractivity contribution >= 4 is 23.4 Å². The first-order valence-corrected chi connectivity index (χ1v) is 5.29. The number of alkyl halides is 1. The van der Waals surface area contributed by atoms with Gasteiger partial charge in [0, 0.05) is 5.69 Å². The zero-order valence-corrected chi connectivity index (χ0v) is 10.4. The Morgan fingerprint density at radius 2 is 1.94 bits per heavy atom. The number of aromatic nitrogens is 1. The van der Waals surface area contributed by atoms with Crippen molar-refractivity contribution in [3.63, 3.8) is 0 Å². The van der Waals surface area contributed by atoms with Gasteiger partial charge in [0.15, 0.2) is 5.78 Å². The van der Waals surface area contributed by atoms with Gasteiger partial charge in [-0.1, -0.05) is 0 Å². The minimum absolute atomic E-state index is 0.225. The zero-order chi connectivity index (χ0) is 12.5. The number of carbonyl (C=O) groups excluding carboxylic acids is 2. The fourth-order valence-corrected chi connectivity index (χ4v) is 1.71. The maximum Gasteiger partial charge on any atom is 0.339 e. The van der Waals surface area contributed by atoms with E-state index in [1.165, 1.54) is 7.11 Å². The topological polar surface area (TPSA) is 59.2 Å². The Kier molecular flexibility index (Phi) is 3.75. The number of hydrogen-bond donors (Lipinski definition) is 1. The molecule has 0 fully saturated rings. The highest BCUT2D eigenvalue weighted by molar-refractivity contribution is 6.33. The number of Topliss-reactive ketones (excluding diaryl/α,β-unsaturated/α-hetero) is 1. The van der Waals surface area contributed by atoms with E-state index >= 15 is 0 Å². The van der Waals surface area contributed by atoms with Gasteiger partial charge >= 0.3 is 5.97 Å². The molecule has 0 aromatic carbocycles.